The fraction of sp³-hybridized carbons (Fsp3) is 0. The predicted molar refractivity (Wildman–Crippen MR) is 88.5 cm³/mol. The molecular weight excluding hydrogens is 262 g/mol. The summed E-state index contributed by atoms with van der Waals surface area (Å²) in [5, 5.41) is 4.39. The molecule has 0 saturated carbocycles. The molecule has 0 saturated heterocycles. The molecule has 5 heteroatoms. The molecule has 0 fully saturated rings. The van der Waals surface area contributed by atoms with Crippen LogP contribution in [0.3, 0.4) is 0 Å². The summed E-state index contributed by atoms with van der Waals surface area (Å²) in [6, 6.07) is 18.1. The molecule has 0 aromatic heterocycles. The van der Waals surface area contributed by atoms with E-state index in [1.807, 2.05) is 42.5 Å². The Bertz CT molecular complexity index is 876. The van der Waals surface area contributed by atoms with Gasteiger partial charge in [0, 0.05) is 5.39 Å². The number of nitrogens with two attached hydrogens (primary N) is 3. The molecule has 0 atom stereocenters. The first-order valence-electron chi connectivity index (χ1n) is 6.49. The minimum absolute atomic E-state index is 0.0374. The molecule has 0 spiro atoms. The maximum Gasteiger partial charge on any atom is 0.223 e. The first kappa shape index (κ1) is 12.9. The van der Waals surface area contributed by atoms with E-state index in [-0.39, 0.29) is 11.9 Å². The molecule has 0 heterocycles. The maximum atomic E-state index is 5.74. The van der Waals surface area contributed by atoms with E-state index in [0.29, 0.717) is 0 Å². The summed E-state index contributed by atoms with van der Waals surface area (Å²) < 4.78 is 0. The first-order valence-corrected chi connectivity index (χ1v) is 6.49. The molecule has 5 nitrogen and oxygen atoms in total. The van der Waals surface area contributed by atoms with Gasteiger partial charge in [0.25, 0.3) is 0 Å². The van der Waals surface area contributed by atoms with E-state index in [4.69, 9.17) is 17.2 Å². The van der Waals surface area contributed by atoms with Gasteiger partial charge >= 0.3 is 0 Å². The van der Waals surface area contributed by atoms with E-state index in [0.717, 1.165) is 21.8 Å². The number of fused-ring (bicyclic) bond motifs is 3. The minimum atomic E-state index is -0.110. The topological polar surface area (TPSA) is 103 Å². The van der Waals surface area contributed by atoms with E-state index >= 15 is 0 Å². The Labute approximate surface area is 121 Å². The normalized spacial score (nSPS) is 11.7. The fourth-order valence-electron chi connectivity index (χ4n) is 2.41. The molecule has 0 aliphatic heterocycles. The summed E-state index contributed by atoms with van der Waals surface area (Å²) >= 11 is 0. The second-order valence-electron chi connectivity index (χ2n) is 4.67. The molecule has 21 heavy (non-hydrogen) atoms. The molecule has 3 aromatic carbocycles. The van der Waals surface area contributed by atoms with Crippen molar-refractivity contribution in [2.45, 2.75) is 0 Å². The molecule has 6 N–H and O–H groups in total. The van der Waals surface area contributed by atoms with Crippen molar-refractivity contribution in [3.05, 3.63) is 54.6 Å². The van der Waals surface area contributed by atoms with E-state index in [1.165, 1.54) is 5.39 Å². The van der Waals surface area contributed by atoms with E-state index in [1.54, 1.807) is 0 Å². The predicted octanol–water partition coefficient (Wildman–Crippen LogP) is 2.21. The monoisotopic (exact) mass is 277 g/mol. The number of rotatable bonds is 1. The average molecular weight is 277 g/mol. The van der Waals surface area contributed by atoms with Gasteiger partial charge in [0.15, 0.2) is 5.96 Å². The van der Waals surface area contributed by atoms with Crippen molar-refractivity contribution in [2.75, 3.05) is 0 Å². The number of hydrogen-bond donors (Lipinski definition) is 3. The average Bonchev–Trinajstić information content (AvgIpc) is 2.46. The van der Waals surface area contributed by atoms with E-state index in [2.05, 4.69) is 22.1 Å². The molecule has 0 amide bonds. The summed E-state index contributed by atoms with van der Waals surface area (Å²) in [5.74, 6) is -0.0724. The largest absolute Gasteiger partial charge is 0.370 e. The Balaban J connectivity index is 2.33. The van der Waals surface area contributed by atoms with Crippen LogP contribution in [-0.4, -0.2) is 11.9 Å². The van der Waals surface area contributed by atoms with Gasteiger partial charge in [-0.2, -0.15) is 4.99 Å². The SMILES string of the molecule is NC(N)=NC(N)=Nc1cc2ccccc2c2ccccc12. The van der Waals surface area contributed by atoms with Crippen LogP contribution in [0.4, 0.5) is 5.69 Å². The van der Waals surface area contributed by atoms with Crippen LogP contribution >= 0.6 is 0 Å². The molecule has 3 aromatic rings. The Morgan fingerprint density at radius 3 is 2.10 bits per heavy atom. The zero-order valence-electron chi connectivity index (χ0n) is 11.3. The summed E-state index contributed by atoms with van der Waals surface area (Å²) in [7, 11) is 0. The van der Waals surface area contributed by atoms with Crippen LogP contribution in [0.1, 0.15) is 0 Å². The van der Waals surface area contributed by atoms with Gasteiger partial charge in [-0.3, -0.25) is 0 Å². The van der Waals surface area contributed by atoms with E-state index in [9.17, 15) is 0 Å². The lowest BCUT2D eigenvalue weighted by atomic mass is 10.0. The number of benzene rings is 3. The minimum Gasteiger partial charge on any atom is -0.370 e. The third kappa shape index (κ3) is 2.49. The lowest BCUT2D eigenvalue weighted by molar-refractivity contribution is 1.39. The number of aliphatic imine (C=N–C) groups is 2. The van der Waals surface area contributed by atoms with E-state index < -0.39 is 0 Å². The van der Waals surface area contributed by atoms with Crippen molar-refractivity contribution in [2.24, 2.45) is 27.2 Å². The molecule has 3 rings (SSSR count). The summed E-state index contributed by atoms with van der Waals surface area (Å²) in [6.45, 7) is 0. The number of guanidine groups is 2. The molecule has 0 unspecified atom stereocenters. The Hall–Kier alpha value is -3.08. The van der Waals surface area contributed by atoms with Crippen molar-refractivity contribution >= 4 is 39.2 Å². The van der Waals surface area contributed by atoms with Crippen LogP contribution in [0.2, 0.25) is 0 Å². The Kier molecular flexibility index (Phi) is 3.16. The second kappa shape index (κ2) is 5.13. The van der Waals surface area contributed by atoms with Gasteiger partial charge in [0.2, 0.25) is 5.96 Å². The van der Waals surface area contributed by atoms with Crippen molar-refractivity contribution < 1.29 is 0 Å². The smallest absolute Gasteiger partial charge is 0.223 e. The lowest BCUT2D eigenvalue weighted by Crippen LogP contribution is -2.26. The van der Waals surface area contributed by atoms with Crippen molar-refractivity contribution in [3.63, 3.8) is 0 Å². The highest BCUT2D eigenvalue weighted by molar-refractivity contribution is 6.13. The highest BCUT2D eigenvalue weighted by atomic mass is 15.1. The Morgan fingerprint density at radius 2 is 1.38 bits per heavy atom. The van der Waals surface area contributed by atoms with Gasteiger partial charge in [0.05, 0.1) is 5.69 Å². The van der Waals surface area contributed by atoms with Gasteiger partial charge in [-0.05, 0) is 22.2 Å². The maximum absolute atomic E-state index is 5.74. The molecular formula is C16H15N5. The van der Waals surface area contributed by atoms with Gasteiger partial charge < -0.3 is 17.2 Å². The van der Waals surface area contributed by atoms with Crippen LogP contribution in [0.5, 0.6) is 0 Å². The quantitative estimate of drug-likeness (QED) is 0.361. The van der Waals surface area contributed by atoms with Gasteiger partial charge in [0.1, 0.15) is 0 Å². The summed E-state index contributed by atoms with van der Waals surface area (Å²) in [6.07, 6.45) is 0. The van der Waals surface area contributed by atoms with Crippen LogP contribution < -0.4 is 17.2 Å². The highest BCUT2D eigenvalue weighted by Gasteiger charge is 2.05. The highest BCUT2D eigenvalue weighted by Crippen LogP contribution is 2.33. The molecule has 0 bridgehead atoms. The van der Waals surface area contributed by atoms with Gasteiger partial charge in [-0.1, -0.05) is 48.5 Å². The Morgan fingerprint density at radius 1 is 0.762 bits per heavy atom. The third-order valence-corrected chi connectivity index (χ3v) is 3.22. The van der Waals surface area contributed by atoms with Gasteiger partial charge in [-0.15, -0.1) is 0 Å². The summed E-state index contributed by atoms with van der Waals surface area (Å²) in [5.41, 5.74) is 17.1. The first-order chi connectivity index (χ1) is 10.1. The second-order valence-corrected chi connectivity index (χ2v) is 4.67. The standard InChI is InChI=1S/C16H15N5/c17-15(18)21-16(19)20-14-9-10-5-1-2-6-11(10)12-7-3-4-8-13(12)14/h1-9H,(H6,17,18,19,20,21). The van der Waals surface area contributed by atoms with Crippen LogP contribution in [0.15, 0.2) is 64.6 Å². The molecule has 0 aliphatic carbocycles. The number of nitrogens with zero attached hydrogens (tertiary/aromatic N) is 2. The molecule has 0 aliphatic rings. The third-order valence-electron chi connectivity index (χ3n) is 3.22. The zero-order valence-corrected chi connectivity index (χ0v) is 11.3. The molecule has 104 valence electrons. The fourth-order valence-corrected chi connectivity index (χ4v) is 2.41. The number of hydrogen-bond acceptors (Lipinski definition) is 1. The van der Waals surface area contributed by atoms with Crippen molar-refractivity contribution in [3.8, 4) is 0 Å². The van der Waals surface area contributed by atoms with Gasteiger partial charge in [-0.25, -0.2) is 4.99 Å². The van der Waals surface area contributed by atoms with Crippen molar-refractivity contribution in [1.29, 1.82) is 0 Å². The summed E-state index contributed by atoms with van der Waals surface area (Å²) in [4.78, 5) is 8.08. The lowest BCUT2D eigenvalue weighted by Gasteiger charge is -2.07. The van der Waals surface area contributed by atoms with Crippen LogP contribution in [0.25, 0.3) is 21.5 Å². The molecule has 0 radical (unpaired) electrons. The van der Waals surface area contributed by atoms with Crippen molar-refractivity contribution in [1.82, 2.24) is 0 Å². The van der Waals surface area contributed by atoms with Crippen LogP contribution in [-0.2, 0) is 0 Å². The van der Waals surface area contributed by atoms with Crippen LogP contribution in [0, 0.1) is 0 Å². The zero-order chi connectivity index (χ0) is 14.8.